The molecule has 3 aromatic heterocycles. The van der Waals surface area contributed by atoms with E-state index in [0.29, 0.717) is 52.4 Å². The summed E-state index contributed by atoms with van der Waals surface area (Å²) in [7, 11) is 1.48. The molecule has 1 fully saturated rings. The molecule has 1 N–H and O–H groups in total. The van der Waals surface area contributed by atoms with Gasteiger partial charge in [-0.2, -0.15) is 9.97 Å². The Morgan fingerprint density at radius 3 is 2.73 bits per heavy atom. The van der Waals surface area contributed by atoms with Crippen LogP contribution in [0.5, 0.6) is 6.01 Å². The van der Waals surface area contributed by atoms with Crippen molar-refractivity contribution in [1.82, 2.24) is 29.8 Å². The van der Waals surface area contributed by atoms with Crippen molar-refractivity contribution in [2.75, 3.05) is 20.2 Å². The van der Waals surface area contributed by atoms with Crippen molar-refractivity contribution in [2.24, 2.45) is 0 Å². The molecule has 2 aliphatic rings. The van der Waals surface area contributed by atoms with Gasteiger partial charge in [-0.1, -0.05) is 0 Å². The third-order valence-electron chi connectivity index (χ3n) is 5.83. The quantitative estimate of drug-likeness (QED) is 0.609. The van der Waals surface area contributed by atoms with E-state index < -0.39 is 5.82 Å². The number of fused-ring (bicyclic) bond motifs is 1. The Labute approximate surface area is 189 Å². The lowest BCUT2D eigenvalue weighted by Gasteiger charge is -2.28. The van der Waals surface area contributed by atoms with Gasteiger partial charge in [0.1, 0.15) is 29.1 Å². The lowest BCUT2D eigenvalue weighted by Crippen LogP contribution is -2.48. The van der Waals surface area contributed by atoms with Gasteiger partial charge in [0.05, 0.1) is 31.3 Å². The zero-order valence-electron chi connectivity index (χ0n) is 18.4. The molecule has 1 aliphatic heterocycles. The van der Waals surface area contributed by atoms with Gasteiger partial charge in [0.2, 0.25) is 0 Å². The standard InChI is InChI=1S/C23H24F2N6O2/c1-13-20-22(30-23(28-13)32-2)31(21(29-20)15-6-16(24)9-26-8-15)12-14-4-3-5-17(7-19(14)25)33-18-10-27-11-18/h6-9,18,27H,3-5,10-12H2,1-2H3. The Morgan fingerprint density at radius 2 is 2.00 bits per heavy atom. The summed E-state index contributed by atoms with van der Waals surface area (Å²) in [5.74, 6) is 0.298. The second kappa shape index (κ2) is 8.86. The average molecular weight is 454 g/mol. The van der Waals surface area contributed by atoms with Crippen LogP contribution in [0, 0.1) is 12.7 Å². The Hall–Kier alpha value is -3.40. The van der Waals surface area contributed by atoms with Crippen LogP contribution < -0.4 is 10.1 Å². The first kappa shape index (κ1) is 21.4. The molecule has 0 spiro atoms. The van der Waals surface area contributed by atoms with E-state index >= 15 is 4.39 Å². The van der Waals surface area contributed by atoms with Crippen LogP contribution in [0.1, 0.15) is 25.0 Å². The van der Waals surface area contributed by atoms with E-state index in [1.165, 1.54) is 25.4 Å². The zero-order valence-corrected chi connectivity index (χ0v) is 18.4. The smallest absolute Gasteiger partial charge is 0.318 e. The fraction of sp³-hybridized carbons (Fsp3) is 0.391. The van der Waals surface area contributed by atoms with Crippen LogP contribution in [-0.4, -0.2) is 50.8 Å². The molecule has 0 atom stereocenters. The summed E-state index contributed by atoms with van der Waals surface area (Å²) in [4.78, 5) is 17.4. The predicted molar refractivity (Wildman–Crippen MR) is 118 cm³/mol. The number of hydrogen-bond acceptors (Lipinski definition) is 7. The van der Waals surface area contributed by atoms with Crippen molar-refractivity contribution >= 4 is 11.2 Å². The summed E-state index contributed by atoms with van der Waals surface area (Å²) in [6.45, 7) is 3.55. The van der Waals surface area contributed by atoms with E-state index in [9.17, 15) is 4.39 Å². The highest BCUT2D eigenvalue weighted by atomic mass is 19.1. The maximum Gasteiger partial charge on any atom is 0.318 e. The minimum Gasteiger partial charge on any atom is -0.492 e. The first-order valence-corrected chi connectivity index (χ1v) is 10.9. The van der Waals surface area contributed by atoms with Crippen LogP contribution in [0.4, 0.5) is 8.78 Å². The first-order chi connectivity index (χ1) is 16.0. The summed E-state index contributed by atoms with van der Waals surface area (Å²) in [5, 5.41) is 3.15. The number of ether oxygens (including phenoxy) is 2. The highest BCUT2D eigenvalue weighted by molar-refractivity contribution is 5.79. The van der Waals surface area contributed by atoms with Crippen molar-refractivity contribution in [3.8, 4) is 17.4 Å². The van der Waals surface area contributed by atoms with Gasteiger partial charge >= 0.3 is 6.01 Å². The normalized spacial score (nSPS) is 17.0. The monoisotopic (exact) mass is 454 g/mol. The average Bonchev–Trinajstić information content (AvgIpc) is 3.04. The maximum atomic E-state index is 15.3. The predicted octanol–water partition coefficient (Wildman–Crippen LogP) is 3.62. The number of allylic oxidation sites excluding steroid dienone is 4. The minimum absolute atomic E-state index is 0.0995. The number of pyridine rings is 1. The lowest BCUT2D eigenvalue weighted by molar-refractivity contribution is 0.0657. The molecular weight excluding hydrogens is 430 g/mol. The molecule has 172 valence electrons. The summed E-state index contributed by atoms with van der Waals surface area (Å²) in [6.07, 6.45) is 6.23. The molecule has 0 bridgehead atoms. The molecule has 8 nitrogen and oxygen atoms in total. The number of halogens is 2. The first-order valence-electron chi connectivity index (χ1n) is 10.9. The molecule has 0 amide bonds. The van der Waals surface area contributed by atoms with Crippen LogP contribution in [0.15, 0.2) is 41.7 Å². The van der Waals surface area contributed by atoms with Gasteiger partial charge in [-0.3, -0.25) is 4.98 Å². The van der Waals surface area contributed by atoms with E-state index in [0.717, 1.165) is 25.7 Å². The molecule has 3 aromatic rings. The Balaban J connectivity index is 1.59. The topological polar surface area (TPSA) is 87.0 Å². The van der Waals surface area contributed by atoms with E-state index in [1.54, 1.807) is 11.5 Å². The van der Waals surface area contributed by atoms with Crippen LogP contribution in [-0.2, 0) is 11.3 Å². The lowest BCUT2D eigenvalue weighted by atomic mass is 10.1. The van der Waals surface area contributed by atoms with E-state index in [2.05, 4.69) is 25.3 Å². The number of aryl methyl sites for hydroxylation is 1. The second-order valence-electron chi connectivity index (χ2n) is 8.20. The second-order valence-corrected chi connectivity index (χ2v) is 8.20. The number of nitrogens with one attached hydrogen (secondary N) is 1. The number of imidazole rings is 1. The summed E-state index contributed by atoms with van der Waals surface area (Å²) >= 11 is 0. The number of hydrogen-bond donors (Lipinski definition) is 1. The third-order valence-corrected chi connectivity index (χ3v) is 5.83. The van der Waals surface area contributed by atoms with E-state index in [-0.39, 0.29) is 24.5 Å². The summed E-state index contributed by atoms with van der Waals surface area (Å²) < 4.78 is 42.2. The van der Waals surface area contributed by atoms with Crippen LogP contribution in [0.3, 0.4) is 0 Å². The molecular formula is C23H24F2N6O2. The minimum atomic E-state index is -0.485. The van der Waals surface area contributed by atoms with Crippen LogP contribution in [0.25, 0.3) is 22.6 Å². The van der Waals surface area contributed by atoms with Crippen molar-refractivity contribution < 1.29 is 18.3 Å². The molecule has 10 heteroatoms. The molecule has 0 unspecified atom stereocenters. The molecule has 4 heterocycles. The van der Waals surface area contributed by atoms with Gasteiger partial charge < -0.3 is 19.4 Å². The number of aromatic nitrogens is 5. The van der Waals surface area contributed by atoms with Crippen molar-refractivity contribution in [3.63, 3.8) is 0 Å². The molecule has 0 saturated carbocycles. The Morgan fingerprint density at radius 1 is 1.15 bits per heavy atom. The maximum absolute atomic E-state index is 15.3. The van der Waals surface area contributed by atoms with Crippen LogP contribution in [0.2, 0.25) is 0 Å². The van der Waals surface area contributed by atoms with Gasteiger partial charge in [0.15, 0.2) is 5.65 Å². The fourth-order valence-corrected chi connectivity index (χ4v) is 4.02. The molecule has 33 heavy (non-hydrogen) atoms. The molecule has 0 aromatic carbocycles. The highest BCUT2D eigenvalue weighted by Gasteiger charge is 2.23. The van der Waals surface area contributed by atoms with E-state index in [1.807, 2.05) is 0 Å². The van der Waals surface area contributed by atoms with Gasteiger partial charge in [0, 0.05) is 37.3 Å². The Kier molecular flexibility index (Phi) is 5.76. The largest absolute Gasteiger partial charge is 0.492 e. The number of rotatable bonds is 6. The van der Waals surface area contributed by atoms with Gasteiger partial charge in [0.25, 0.3) is 0 Å². The molecule has 1 aliphatic carbocycles. The highest BCUT2D eigenvalue weighted by Crippen LogP contribution is 2.31. The SMILES string of the molecule is COc1nc(C)c2nc(-c3cncc(F)c3)n(CC3=C(F)C=C(OC4CNC4)CCC3)c2n1. The summed E-state index contributed by atoms with van der Waals surface area (Å²) in [5.41, 5.74) is 2.71. The van der Waals surface area contributed by atoms with Gasteiger partial charge in [-0.05, 0) is 31.4 Å². The van der Waals surface area contributed by atoms with Crippen molar-refractivity contribution in [3.05, 3.63) is 53.2 Å². The van der Waals surface area contributed by atoms with Gasteiger partial charge in [-0.25, -0.2) is 13.8 Å². The number of nitrogens with zero attached hydrogens (tertiary/aromatic N) is 5. The van der Waals surface area contributed by atoms with Crippen molar-refractivity contribution in [1.29, 1.82) is 0 Å². The van der Waals surface area contributed by atoms with Crippen molar-refractivity contribution in [2.45, 2.75) is 38.8 Å². The molecule has 1 saturated heterocycles. The zero-order chi connectivity index (χ0) is 22.9. The summed E-state index contributed by atoms with van der Waals surface area (Å²) in [6, 6.07) is 1.53. The molecule has 5 rings (SSSR count). The van der Waals surface area contributed by atoms with E-state index in [4.69, 9.17) is 9.47 Å². The number of methoxy groups -OCH3 is 1. The van der Waals surface area contributed by atoms with Gasteiger partial charge in [-0.15, -0.1) is 0 Å². The Bertz CT molecular complexity index is 1270. The fourth-order valence-electron chi connectivity index (χ4n) is 4.02. The third kappa shape index (κ3) is 4.30. The molecule has 0 radical (unpaired) electrons. The van der Waals surface area contributed by atoms with Crippen LogP contribution >= 0.6 is 0 Å².